The first-order chi connectivity index (χ1) is 7.68. The van der Waals surface area contributed by atoms with E-state index in [0.717, 1.165) is 31.7 Å². The maximum absolute atomic E-state index is 11.1. The molecule has 0 atom stereocenters. The number of rotatable bonds is 2. The lowest BCUT2D eigenvalue weighted by molar-refractivity contribution is 0.0844. The van der Waals surface area contributed by atoms with Crippen LogP contribution in [0.3, 0.4) is 0 Å². The van der Waals surface area contributed by atoms with Crippen LogP contribution < -0.4 is 11.5 Å². The minimum Gasteiger partial charge on any atom is -0.397 e. The number of nitrogens with zero attached hydrogens (tertiary/aromatic N) is 1. The van der Waals surface area contributed by atoms with Gasteiger partial charge in [0.1, 0.15) is 0 Å². The first kappa shape index (κ1) is 10.9. The average Bonchev–Trinajstić information content (AvgIpc) is 2.30. The average molecular weight is 221 g/mol. The summed E-state index contributed by atoms with van der Waals surface area (Å²) in [7, 11) is 0. The number of nitrogens with two attached hydrogens (primary N) is 2. The van der Waals surface area contributed by atoms with Crippen LogP contribution in [0.1, 0.15) is 34.9 Å². The van der Waals surface area contributed by atoms with Crippen LogP contribution in [-0.2, 0) is 4.74 Å². The summed E-state index contributed by atoms with van der Waals surface area (Å²) in [6, 6.07) is 3.55. The molecule has 0 saturated carbocycles. The van der Waals surface area contributed by atoms with E-state index in [0.29, 0.717) is 11.6 Å². The summed E-state index contributed by atoms with van der Waals surface area (Å²) in [5.74, 6) is -0.237. The number of primary amides is 1. The summed E-state index contributed by atoms with van der Waals surface area (Å²) in [5, 5.41) is 0. The van der Waals surface area contributed by atoms with Gasteiger partial charge in [-0.2, -0.15) is 0 Å². The SMILES string of the molecule is NC(=O)c1nc(C2CCOCC2)ccc1N. The molecule has 1 fully saturated rings. The molecule has 0 bridgehead atoms. The fourth-order valence-corrected chi connectivity index (χ4v) is 1.90. The summed E-state index contributed by atoms with van der Waals surface area (Å²) in [4.78, 5) is 15.4. The molecule has 1 aliphatic heterocycles. The normalized spacial score (nSPS) is 17.2. The third-order valence-electron chi connectivity index (χ3n) is 2.82. The fraction of sp³-hybridized carbons (Fsp3) is 0.455. The summed E-state index contributed by atoms with van der Waals surface area (Å²) >= 11 is 0. The highest BCUT2D eigenvalue weighted by Gasteiger charge is 2.19. The molecule has 5 nitrogen and oxygen atoms in total. The van der Waals surface area contributed by atoms with Gasteiger partial charge in [-0.3, -0.25) is 4.79 Å². The molecule has 0 aliphatic carbocycles. The van der Waals surface area contributed by atoms with Gasteiger partial charge in [0.05, 0.1) is 5.69 Å². The number of hydrogen-bond acceptors (Lipinski definition) is 4. The molecule has 5 heteroatoms. The van der Waals surface area contributed by atoms with Crippen molar-refractivity contribution in [2.24, 2.45) is 5.73 Å². The quantitative estimate of drug-likeness (QED) is 0.767. The van der Waals surface area contributed by atoms with Gasteiger partial charge in [-0.25, -0.2) is 4.98 Å². The maximum Gasteiger partial charge on any atom is 0.269 e. The lowest BCUT2D eigenvalue weighted by Crippen LogP contribution is -2.19. The van der Waals surface area contributed by atoms with Gasteiger partial charge in [-0.1, -0.05) is 0 Å². The minimum atomic E-state index is -0.577. The van der Waals surface area contributed by atoms with Gasteiger partial charge in [0.15, 0.2) is 5.69 Å². The lowest BCUT2D eigenvalue weighted by Gasteiger charge is -2.21. The minimum absolute atomic E-state index is 0.170. The summed E-state index contributed by atoms with van der Waals surface area (Å²) < 4.78 is 5.28. The smallest absolute Gasteiger partial charge is 0.269 e. The zero-order valence-electron chi connectivity index (χ0n) is 8.98. The molecule has 2 heterocycles. The summed E-state index contributed by atoms with van der Waals surface area (Å²) in [5.41, 5.74) is 12.2. The van der Waals surface area contributed by atoms with E-state index in [1.807, 2.05) is 6.07 Å². The number of carbonyl (C=O) groups excluding carboxylic acids is 1. The summed E-state index contributed by atoms with van der Waals surface area (Å²) in [6.45, 7) is 1.48. The van der Waals surface area contributed by atoms with Gasteiger partial charge in [-0.05, 0) is 25.0 Å². The van der Waals surface area contributed by atoms with Crippen molar-refractivity contribution in [3.8, 4) is 0 Å². The standard InChI is InChI=1S/C11H15N3O2/c12-8-1-2-9(14-10(8)11(13)15)7-3-5-16-6-4-7/h1-2,7H,3-6,12H2,(H2,13,15). The molecule has 86 valence electrons. The Morgan fingerprint density at radius 2 is 2.06 bits per heavy atom. The second kappa shape index (κ2) is 4.49. The number of anilines is 1. The van der Waals surface area contributed by atoms with Crippen molar-refractivity contribution in [3.05, 3.63) is 23.5 Å². The molecule has 1 aromatic rings. The molecule has 1 saturated heterocycles. The van der Waals surface area contributed by atoms with Crippen molar-refractivity contribution in [2.75, 3.05) is 18.9 Å². The first-order valence-corrected chi connectivity index (χ1v) is 5.32. The Balaban J connectivity index is 2.27. The van der Waals surface area contributed by atoms with Gasteiger partial charge in [0, 0.05) is 24.8 Å². The number of aromatic nitrogens is 1. The van der Waals surface area contributed by atoms with E-state index in [1.165, 1.54) is 0 Å². The second-order valence-electron chi connectivity index (χ2n) is 3.92. The lowest BCUT2D eigenvalue weighted by atomic mass is 9.95. The Labute approximate surface area is 93.8 Å². The summed E-state index contributed by atoms with van der Waals surface area (Å²) in [6.07, 6.45) is 1.85. The zero-order chi connectivity index (χ0) is 11.5. The molecule has 0 spiro atoms. The monoisotopic (exact) mass is 221 g/mol. The van der Waals surface area contributed by atoms with Crippen LogP contribution in [0.4, 0.5) is 5.69 Å². The highest BCUT2D eigenvalue weighted by molar-refractivity contribution is 5.95. The van der Waals surface area contributed by atoms with Crippen molar-refractivity contribution in [1.29, 1.82) is 0 Å². The third kappa shape index (κ3) is 2.14. The van der Waals surface area contributed by atoms with Crippen LogP contribution in [-0.4, -0.2) is 24.1 Å². The van der Waals surface area contributed by atoms with E-state index >= 15 is 0 Å². The van der Waals surface area contributed by atoms with Crippen molar-refractivity contribution >= 4 is 11.6 Å². The largest absolute Gasteiger partial charge is 0.397 e. The van der Waals surface area contributed by atoms with E-state index in [-0.39, 0.29) is 5.69 Å². The molecular weight excluding hydrogens is 206 g/mol. The third-order valence-corrected chi connectivity index (χ3v) is 2.82. The van der Waals surface area contributed by atoms with E-state index in [1.54, 1.807) is 6.07 Å². The molecule has 16 heavy (non-hydrogen) atoms. The molecule has 1 amide bonds. The van der Waals surface area contributed by atoms with E-state index in [9.17, 15) is 4.79 Å². The number of ether oxygens (including phenoxy) is 1. The van der Waals surface area contributed by atoms with Crippen LogP contribution in [0.25, 0.3) is 0 Å². The van der Waals surface area contributed by atoms with Gasteiger partial charge >= 0.3 is 0 Å². The first-order valence-electron chi connectivity index (χ1n) is 5.32. The number of carbonyl (C=O) groups is 1. The maximum atomic E-state index is 11.1. The molecule has 0 aromatic carbocycles. The van der Waals surface area contributed by atoms with Crippen LogP contribution in [0.15, 0.2) is 12.1 Å². The van der Waals surface area contributed by atoms with Crippen LogP contribution in [0.5, 0.6) is 0 Å². The molecule has 1 aliphatic rings. The van der Waals surface area contributed by atoms with Crippen LogP contribution in [0.2, 0.25) is 0 Å². The predicted molar refractivity (Wildman–Crippen MR) is 60.0 cm³/mol. The van der Waals surface area contributed by atoms with Gasteiger partial charge in [-0.15, -0.1) is 0 Å². The topological polar surface area (TPSA) is 91.2 Å². The highest BCUT2D eigenvalue weighted by atomic mass is 16.5. The van der Waals surface area contributed by atoms with Crippen molar-refractivity contribution in [2.45, 2.75) is 18.8 Å². The molecule has 2 rings (SSSR count). The molecule has 0 radical (unpaired) electrons. The van der Waals surface area contributed by atoms with Crippen LogP contribution in [0, 0.1) is 0 Å². The van der Waals surface area contributed by atoms with Crippen molar-refractivity contribution in [3.63, 3.8) is 0 Å². The van der Waals surface area contributed by atoms with E-state index < -0.39 is 5.91 Å². The Morgan fingerprint density at radius 3 is 2.69 bits per heavy atom. The molecule has 4 N–H and O–H groups in total. The highest BCUT2D eigenvalue weighted by Crippen LogP contribution is 2.26. The number of pyridine rings is 1. The Kier molecular flexibility index (Phi) is 3.05. The molecule has 1 aromatic heterocycles. The fourth-order valence-electron chi connectivity index (χ4n) is 1.90. The number of nitrogen functional groups attached to an aromatic ring is 1. The van der Waals surface area contributed by atoms with Gasteiger partial charge in [0.25, 0.3) is 5.91 Å². The Bertz CT molecular complexity index is 400. The second-order valence-corrected chi connectivity index (χ2v) is 3.92. The predicted octanol–water partition coefficient (Wildman–Crippen LogP) is 0.657. The Morgan fingerprint density at radius 1 is 1.38 bits per heavy atom. The zero-order valence-corrected chi connectivity index (χ0v) is 8.98. The van der Waals surface area contributed by atoms with Crippen molar-refractivity contribution < 1.29 is 9.53 Å². The van der Waals surface area contributed by atoms with Crippen LogP contribution >= 0.6 is 0 Å². The molecule has 0 unspecified atom stereocenters. The van der Waals surface area contributed by atoms with Gasteiger partial charge < -0.3 is 16.2 Å². The van der Waals surface area contributed by atoms with Crippen molar-refractivity contribution in [1.82, 2.24) is 4.98 Å². The van der Waals surface area contributed by atoms with Gasteiger partial charge in [0.2, 0.25) is 0 Å². The van der Waals surface area contributed by atoms with E-state index in [2.05, 4.69) is 4.98 Å². The Hall–Kier alpha value is -1.62. The van der Waals surface area contributed by atoms with E-state index in [4.69, 9.17) is 16.2 Å². The molecular formula is C11H15N3O2. The number of amides is 1. The number of hydrogen-bond donors (Lipinski definition) is 2.